The van der Waals surface area contributed by atoms with E-state index < -0.39 is 0 Å². The fraction of sp³-hybridized carbons (Fsp3) is 0.167. The Balaban J connectivity index is 1.84. The van der Waals surface area contributed by atoms with Gasteiger partial charge in [0.15, 0.2) is 11.7 Å². The van der Waals surface area contributed by atoms with E-state index in [1.165, 1.54) is 19.5 Å². The molecule has 4 N–H and O–H groups in total. The maximum absolute atomic E-state index is 11.7. The van der Waals surface area contributed by atoms with Gasteiger partial charge in [0, 0.05) is 12.4 Å². The zero-order valence-electron chi connectivity index (χ0n) is 14.9. The quantitative estimate of drug-likeness (QED) is 0.399. The molecule has 27 heavy (non-hydrogen) atoms. The maximum Gasteiger partial charge on any atom is 0.337 e. The minimum Gasteiger partial charge on any atom is -0.465 e. The van der Waals surface area contributed by atoms with Crippen molar-refractivity contribution in [3.63, 3.8) is 0 Å². The predicted octanol–water partition coefficient (Wildman–Crippen LogP) is 1.69. The van der Waals surface area contributed by atoms with Crippen molar-refractivity contribution in [2.75, 3.05) is 12.8 Å². The van der Waals surface area contributed by atoms with Crippen molar-refractivity contribution in [3.8, 4) is 0 Å². The van der Waals surface area contributed by atoms with Gasteiger partial charge in [0.1, 0.15) is 11.4 Å². The summed E-state index contributed by atoms with van der Waals surface area (Å²) >= 11 is 0. The molecule has 9 heteroatoms. The van der Waals surface area contributed by atoms with Crippen LogP contribution in [0.15, 0.2) is 54.0 Å². The van der Waals surface area contributed by atoms with Crippen LogP contribution in [0, 0.1) is 0 Å². The Morgan fingerprint density at radius 3 is 2.81 bits per heavy atom. The molecule has 0 aliphatic carbocycles. The number of nitrogens with zero attached hydrogens (tertiary/aromatic N) is 5. The highest BCUT2D eigenvalue weighted by molar-refractivity contribution is 6.00. The van der Waals surface area contributed by atoms with Crippen LogP contribution in [0.4, 0.5) is 11.5 Å². The third-order valence-electron chi connectivity index (χ3n) is 3.99. The molecule has 138 valence electrons. The van der Waals surface area contributed by atoms with Crippen LogP contribution >= 0.6 is 0 Å². The van der Waals surface area contributed by atoms with Crippen molar-refractivity contribution in [1.82, 2.24) is 19.7 Å². The lowest BCUT2D eigenvalue weighted by atomic mass is 10.1. The number of aliphatic imine (C=N–C) groups is 1. The fourth-order valence-corrected chi connectivity index (χ4v) is 2.53. The smallest absolute Gasteiger partial charge is 0.337 e. The number of nitrogen functional groups attached to an aromatic ring is 1. The molecular weight excluding hydrogens is 346 g/mol. The molecule has 0 saturated heterocycles. The largest absolute Gasteiger partial charge is 0.465 e. The van der Waals surface area contributed by atoms with Gasteiger partial charge >= 0.3 is 5.97 Å². The first-order valence-corrected chi connectivity index (χ1v) is 8.13. The number of hydrogen-bond donors (Lipinski definition) is 2. The van der Waals surface area contributed by atoms with Gasteiger partial charge in [0.25, 0.3) is 0 Å². The summed E-state index contributed by atoms with van der Waals surface area (Å²) in [5, 5.41) is 4.33. The number of hydrogen-bond acceptors (Lipinski definition) is 7. The van der Waals surface area contributed by atoms with Crippen LogP contribution in [0.2, 0.25) is 0 Å². The third kappa shape index (κ3) is 3.92. The van der Waals surface area contributed by atoms with Gasteiger partial charge in [-0.15, -0.1) is 0 Å². The molecule has 0 amide bonds. The van der Waals surface area contributed by atoms with Gasteiger partial charge in [-0.3, -0.25) is 4.68 Å². The van der Waals surface area contributed by atoms with E-state index >= 15 is 0 Å². The normalized spacial score (nSPS) is 12.6. The van der Waals surface area contributed by atoms with Crippen LogP contribution in [0.25, 0.3) is 0 Å². The Bertz CT molecular complexity index is 997. The van der Waals surface area contributed by atoms with Crippen molar-refractivity contribution >= 4 is 23.3 Å². The number of carbonyl (C=O) groups excluding carboxylic acids is 1. The molecule has 0 aliphatic heterocycles. The van der Waals surface area contributed by atoms with Crippen LogP contribution in [0.1, 0.15) is 34.6 Å². The molecule has 3 aromatic rings. The summed E-state index contributed by atoms with van der Waals surface area (Å²) in [6, 6.07) is 7.07. The van der Waals surface area contributed by atoms with Gasteiger partial charge in [-0.05, 0) is 24.6 Å². The van der Waals surface area contributed by atoms with Crippen molar-refractivity contribution in [2.24, 2.45) is 10.7 Å². The molecule has 1 aromatic carbocycles. The van der Waals surface area contributed by atoms with Crippen LogP contribution in [-0.2, 0) is 4.74 Å². The minimum atomic E-state index is -0.385. The Kier molecular flexibility index (Phi) is 5.11. The molecule has 0 fully saturated rings. The average molecular weight is 365 g/mol. The number of aromatic nitrogens is 4. The minimum absolute atomic E-state index is 0.124. The van der Waals surface area contributed by atoms with E-state index in [9.17, 15) is 4.79 Å². The highest BCUT2D eigenvalue weighted by Crippen LogP contribution is 2.22. The molecule has 0 spiro atoms. The average Bonchev–Trinajstić information content (AvgIpc) is 3.15. The van der Waals surface area contributed by atoms with Gasteiger partial charge in [0.05, 0.1) is 31.1 Å². The first kappa shape index (κ1) is 18.1. The molecule has 0 bridgehead atoms. The Hall–Kier alpha value is -3.75. The summed E-state index contributed by atoms with van der Waals surface area (Å²) in [4.78, 5) is 24.0. The van der Waals surface area contributed by atoms with Gasteiger partial charge < -0.3 is 16.2 Å². The van der Waals surface area contributed by atoms with E-state index in [0.29, 0.717) is 16.9 Å². The van der Waals surface area contributed by atoms with E-state index in [0.717, 1.165) is 5.56 Å². The molecule has 3 rings (SSSR count). The molecule has 2 heterocycles. The number of rotatable bonds is 5. The lowest BCUT2D eigenvalue weighted by Gasteiger charge is -2.13. The van der Waals surface area contributed by atoms with Crippen LogP contribution in [-0.4, -0.2) is 38.7 Å². The second-order valence-electron chi connectivity index (χ2n) is 5.76. The molecule has 0 radical (unpaired) electrons. The van der Waals surface area contributed by atoms with E-state index in [4.69, 9.17) is 16.2 Å². The van der Waals surface area contributed by atoms with Crippen molar-refractivity contribution in [1.29, 1.82) is 0 Å². The Morgan fingerprint density at radius 1 is 1.30 bits per heavy atom. The van der Waals surface area contributed by atoms with E-state index in [1.807, 2.05) is 13.0 Å². The summed E-state index contributed by atoms with van der Waals surface area (Å²) in [6.07, 6.45) is 6.30. The first-order chi connectivity index (χ1) is 13.0. The zero-order valence-corrected chi connectivity index (χ0v) is 14.9. The maximum atomic E-state index is 11.7. The Labute approximate surface area is 155 Å². The highest BCUT2D eigenvalue weighted by Gasteiger charge is 2.13. The molecule has 0 saturated carbocycles. The van der Waals surface area contributed by atoms with Crippen molar-refractivity contribution in [2.45, 2.75) is 13.0 Å². The van der Waals surface area contributed by atoms with Crippen molar-refractivity contribution in [3.05, 3.63) is 65.9 Å². The molecule has 1 unspecified atom stereocenters. The second-order valence-corrected chi connectivity index (χ2v) is 5.76. The van der Waals surface area contributed by atoms with Crippen LogP contribution < -0.4 is 11.5 Å². The fourth-order valence-electron chi connectivity index (χ4n) is 2.53. The van der Waals surface area contributed by atoms with Gasteiger partial charge in [0.2, 0.25) is 0 Å². The monoisotopic (exact) mass is 365 g/mol. The van der Waals surface area contributed by atoms with Crippen molar-refractivity contribution < 1.29 is 9.53 Å². The molecule has 9 nitrogen and oxygen atoms in total. The highest BCUT2D eigenvalue weighted by atomic mass is 16.5. The van der Waals surface area contributed by atoms with E-state index in [1.54, 1.807) is 35.3 Å². The summed E-state index contributed by atoms with van der Waals surface area (Å²) in [6.45, 7) is 1.96. The number of methoxy groups -OCH3 is 1. The van der Waals surface area contributed by atoms with Crippen LogP contribution in [0.5, 0.6) is 0 Å². The second kappa shape index (κ2) is 7.65. The zero-order chi connectivity index (χ0) is 19.4. The third-order valence-corrected chi connectivity index (χ3v) is 3.99. The molecular formula is C18H19N7O2. The van der Waals surface area contributed by atoms with Gasteiger partial charge in [-0.1, -0.05) is 12.1 Å². The number of esters is 1. The summed E-state index contributed by atoms with van der Waals surface area (Å²) in [5.41, 5.74) is 14.0. The number of ether oxygens (including phenoxy) is 1. The number of nitrogens with two attached hydrogens (primary N) is 2. The van der Waals surface area contributed by atoms with E-state index in [2.05, 4.69) is 20.1 Å². The first-order valence-electron chi connectivity index (χ1n) is 8.13. The number of carbonyl (C=O) groups is 1. The molecule has 2 aromatic heterocycles. The number of anilines is 1. The lowest BCUT2D eigenvalue weighted by Crippen LogP contribution is -2.17. The Morgan fingerprint density at radius 2 is 2.07 bits per heavy atom. The SMILES string of the molecule is COC(=O)c1cccc(C(C)n2cc(N=C(N)c3nccnc3N)cn2)c1. The lowest BCUT2D eigenvalue weighted by molar-refractivity contribution is 0.0600. The number of benzene rings is 1. The van der Waals surface area contributed by atoms with Gasteiger partial charge in [-0.2, -0.15) is 5.10 Å². The summed E-state index contributed by atoms with van der Waals surface area (Å²) in [5.74, 6) is -0.0243. The standard InChI is InChI=1S/C18H19N7O2/c1-11(12-4-3-5-13(8-12)18(26)27-2)25-10-14(9-23-25)24-17(20)15-16(19)22-7-6-21-15/h3-11H,1-2H3,(H2,19,22)(H2,20,24). The molecule has 1 atom stereocenters. The predicted molar refractivity (Wildman–Crippen MR) is 101 cm³/mol. The summed E-state index contributed by atoms with van der Waals surface area (Å²) in [7, 11) is 1.35. The van der Waals surface area contributed by atoms with Crippen LogP contribution in [0.3, 0.4) is 0 Å². The van der Waals surface area contributed by atoms with Gasteiger partial charge in [-0.25, -0.2) is 19.8 Å². The molecule has 0 aliphatic rings. The van der Waals surface area contributed by atoms with E-state index in [-0.39, 0.29) is 23.7 Å². The number of amidine groups is 1. The topological polar surface area (TPSA) is 134 Å². The summed E-state index contributed by atoms with van der Waals surface area (Å²) < 4.78 is 6.49.